The van der Waals surface area contributed by atoms with Crippen LogP contribution in [0.3, 0.4) is 0 Å². The lowest BCUT2D eigenvalue weighted by Gasteiger charge is -2.09. The zero-order valence-corrected chi connectivity index (χ0v) is 12.7. The van der Waals surface area contributed by atoms with Gasteiger partial charge in [0.25, 0.3) is 0 Å². The summed E-state index contributed by atoms with van der Waals surface area (Å²) in [5, 5.41) is 11.8. The number of halogens is 1. The standard InChI is InChI=1S/C16H20FNO3/c1-8-5-10(6-9(2)13(8)17)7-18-14(19)11-12(15(20)21)16(11,3)4/h5-6,11-12H,7H2,1-4H3,(H,18,19)(H,20,21). The number of benzene rings is 1. The zero-order chi connectivity index (χ0) is 15.9. The fourth-order valence-electron chi connectivity index (χ4n) is 3.02. The SMILES string of the molecule is Cc1cc(CNC(=O)C2C(C(=O)O)C2(C)C)cc(C)c1F. The maximum absolute atomic E-state index is 13.5. The topological polar surface area (TPSA) is 66.4 Å². The lowest BCUT2D eigenvalue weighted by atomic mass is 10.1. The Labute approximate surface area is 123 Å². The number of rotatable bonds is 4. The Morgan fingerprint density at radius 2 is 1.76 bits per heavy atom. The molecule has 2 rings (SSSR count). The highest BCUT2D eigenvalue weighted by Crippen LogP contribution is 2.58. The van der Waals surface area contributed by atoms with Crippen molar-refractivity contribution in [3.63, 3.8) is 0 Å². The summed E-state index contributed by atoms with van der Waals surface area (Å²) >= 11 is 0. The molecule has 0 saturated heterocycles. The van der Waals surface area contributed by atoms with Crippen molar-refractivity contribution in [2.75, 3.05) is 0 Å². The van der Waals surface area contributed by atoms with Crippen molar-refractivity contribution < 1.29 is 19.1 Å². The molecule has 0 radical (unpaired) electrons. The number of aryl methyl sites for hydroxylation is 2. The highest BCUT2D eigenvalue weighted by Gasteiger charge is 2.65. The summed E-state index contributed by atoms with van der Waals surface area (Å²) in [6, 6.07) is 3.38. The first-order valence-electron chi connectivity index (χ1n) is 6.92. The Kier molecular flexibility index (Phi) is 3.78. The molecule has 2 unspecified atom stereocenters. The Morgan fingerprint density at radius 1 is 1.24 bits per heavy atom. The van der Waals surface area contributed by atoms with Crippen molar-refractivity contribution >= 4 is 11.9 Å². The van der Waals surface area contributed by atoms with Crippen LogP contribution in [0.2, 0.25) is 0 Å². The summed E-state index contributed by atoms with van der Waals surface area (Å²) in [4.78, 5) is 23.2. The van der Waals surface area contributed by atoms with Gasteiger partial charge in [-0.3, -0.25) is 9.59 Å². The molecular formula is C16H20FNO3. The maximum atomic E-state index is 13.5. The van der Waals surface area contributed by atoms with E-state index in [9.17, 15) is 14.0 Å². The van der Waals surface area contributed by atoms with Crippen LogP contribution in [-0.4, -0.2) is 17.0 Å². The minimum Gasteiger partial charge on any atom is -0.481 e. The molecule has 1 saturated carbocycles. The Balaban J connectivity index is 2.01. The van der Waals surface area contributed by atoms with Gasteiger partial charge in [0.05, 0.1) is 11.8 Å². The third kappa shape index (κ3) is 2.77. The van der Waals surface area contributed by atoms with Crippen molar-refractivity contribution in [1.29, 1.82) is 0 Å². The molecule has 0 spiro atoms. The van der Waals surface area contributed by atoms with Gasteiger partial charge in [-0.05, 0) is 36.0 Å². The van der Waals surface area contributed by atoms with Gasteiger partial charge in [0, 0.05) is 6.54 Å². The number of hydrogen-bond acceptors (Lipinski definition) is 2. The Morgan fingerprint density at radius 3 is 2.19 bits per heavy atom. The van der Waals surface area contributed by atoms with Crippen LogP contribution in [0.5, 0.6) is 0 Å². The van der Waals surface area contributed by atoms with E-state index in [0.717, 1.165) is 5.56 Å². The molecule has 114 valence electrons. The molecule has 2 N–H and O–H groups in total. The van der Waals surface area contributed by atoms with E-state index in [1.807, 2.05) is 0 Å². The van der Waals surface area contributed by atoms with Crippen LogP contribution in [-0.2, 0) is 16.1 Å². The number of amides is 1. The predicted octanol–water partition coefficient (Wildman–Crippen LogP) is 2.42. The number of carboxylic acids is 1. The molecule has 1 aromatic carbocycles. The predicted molar refractivity (Wildman–Crippen MR) is 76.1 cm³/mol. The summed E-state index contributed by atoms with van der Waals surface area (Å²) in [6.07, 6.45) is 0. The van der Waals surface area contributed by atoms with Crippen molar-refractivity contribution in [2.24, 2.45) is 17.3 Å². The summed E-state index contributed by atoms with van der Waals surface area (Å²) in [7, 11) is 0. The molecule has 0 heterocycles. The van der Waals surface area contributed by atoms with Gasteiger partial charge in [0.15, 0.2) is 0 Å². The lowest BCUT2D eigenvalue weighted by Crippen LogP contribution is -2.27. The third-order valence-electron chi connectivity index (χ3n) is 4.34. The number of carbonyl (C=O) groups is 2. The molecule has 1 fully saturated rings. The second-order valence-corrected chi connectivity index (χ2v) is 6.38. The first-order valence-corrected chi connectivity index (χ1v) is 6.92. The molecule has 1 aromatic rings. The molecule has 0 bridgehead atoms. The number of aliphatic carboxylic acids is 1. The van der Waals surface area contributed by atoms with E-state index in [2.05, 4.69) is 5.32 Å². The summed E-state index contributed by atoms with van der Waals surface area (Å²) in [5.41, 5.74) is 1.37. The van der Waals surface area contributed by atoms with Crippen LogP contribution in [0, 0.1) is 36.9 Å². The second-order valence-electron chi connectivity index (χ2n) is 6.38. The molecule has 21 heavy (non-hydrogen) atoms. The molecule has 0 aliphatic heterocycles. The number of carboxylic acid groups (broad SMARTS) is 1. The van der Waals surface area contributed by atoms with E-state index in [1.165, 1.54) is 0 Å². The minimum absolute atomic E-state index is 0.237. The fraction of sp³-hybridized carbons (Fsp3) is 0.500. The third-order valence-corrected chi connectivity index (χ3v) is 4.34. The van der Waals surface area contributed by atoms with Crippen molar-refractivity contribution in [3.8, 4) is 0 Å². The van der Waals surface area contributed by atoms with Gasteiger partial charge in [-0.25, -0.2) is 4.39 Å². The van der Waals surface area contributed by atoms with Gasteiger partial charge in [-0.15, -0.1) is 0 Å². The zero-order valence-electron chi connectivity index (χ0n) is 12.7. The van der Waals surface area contributed by atoms with Gasteiger partial charge in [-0.2, -0.15) is 0 Å². The van der Waals surface area contributed by atoms with Crippen molar-refractivity contribution in [2.45, 2.75) is 34.2 Å². The van der Waals surface area contributed by atoms with Gasteiger partial charge in [0.2, 0.25) is 5.91 Å². The van der Waals surface area contributed by atoms with Crippen LogP contribution in [0.4, 0.5) is 4.39 Å². The molecule has 1 amide bonds. The molecule has 4 nitrogen and oxygen atoms in total. The van der Waals surface area contributed by atoms with E-state index in [1.54, 1.807) is 39.8 Å². The van der Waals surface area contributed by atoms with E-state index in [-0.39, 0.29) is 18.3 Å². The van der Waals surface area contributed by atoms with E-state index in [0.29, 0.717) is 11.1 Å². The Bertz CT molecular complexity index is 587. The van der Waals surface area contributed by atoms with Crippen molar-refractivity contribution in [1.82, 2.24) is 5.32 Å². The van der Waals surface area contributed by atoms with Crippen LogP contribution in [0.1, 0.15) is 30.5 Å². The molecule has 2 atom stereocenters. The smallest absolute Gasteiger partial charge is 0.307 e. The summed E-state index contributed by atoms with van der Waals surface area (Å²) in [6.45, 7) is 7.19. The number of nitrogens with one attached hydrogen (secondary N) is 1. The monoisotopic (exact) mass is 293 g/mol. The molecule has 0 aromatic heterocycles. The average molecular weight is 293 g/mol. The summed E-state index contributed by atoms with van der Waals surface area (Å²) in [5.74, 6) is -2.56. The first-order chi connectivity index (χ1) is 9.66. The minimum atomic E-state index is -0.936. The number of carbonyl (C=O) groups excluding carboxylic acids is 1. The highest BCUT2D eigenvalue weighted by atomic mass is 19.1. The largest absolute Gasteiger partial charge is 0.481 e. The van der Waals surface area contributed by atoms with Gasteiger partial charge in [0.1, 0.15) is 5.82 Å². The van der Waals surface area contributed by atoms with Crippen molar-refractivity contribution in [3.05, 3.63) is 34.6 Å². The second kappa shape index (κ2) is 5.13. The van der Waals surface area contributed by atoms with Crippen LogP contribution in [0.15, 0.2) is 12.1 Å². The number of hydrogen-bond donors (Lipinski definition) is 2. The maximum Gasteiger partial charge on any atom is 0.307 e. The molecule has 5 heteroatoms. The lowest BCUT2D eigenvalue weighted by molar-refractivity contribution is -0.140. The van der Waals surface area contributed by atoms with Gasteiger partial charge >= 0.3 is 5.97 Å². The van der Waals surface area contributed by atoms with E-state index in [4.69, 9.17) is 5.11 Å². The average Bonchev–Trinajstić information content (AvgIpc) is 2.96. The van der Waals surface area contributed by atoms with Crippen LogP contribution >= 0.6 is 0 Å². The molecule has 1 aliphatic rings. The molecule has 1 aliphatic carbocycles. The fourth-order valence-corrected chi connectivity index (χ4v) is 3.02. The van der Waals surface area contributed by atoms with E-state index < -0.39 is 23.2 Å². The summed E-state index contributed by atoms with van der Waals surface area (Å²) < 4.78 is 13.5. The van der Waals surface area contributed by atoms with Crippen LogP contribution < -0.4 is 5.32 Å². The van der Waals surface area contributed by atoms with E-state index >= 15 is 0 Å². The van der Waals surface area contributed by atoms with Gasteiger partial charge in [-0.1, -0.05) is 26.0 Å². The Hall–Kier alpha value is -1.91. The highest BCUT2D eigenvalue weighted by molar-refractivity contribution is 5.91. The quantitative estimate of drug-likeness (QED) is 0.896. The first kappa shape index (κ1) is 15.5. The normalized spacial score (nSPS) is 22.7. The van der Waals surface area contributed by atoms with Crippen LogP contribution in [0.25, 0.3) is 0 Å². The molecular weight excluding hydrogens is 273 g/mol. The van der Waals surface area contributed by atoms with Gasteiger partial charge < -0.3 is 10.4 Å².